The topological polar surface area (TPSA) is 175 Å². The number of ether oxygens (including phenoxy) is 3. The Labute approximate surface area is 440 Å². The van der Waals surface area contributed by atoms with Crippen molar-refractivity contribution in [1.29, 1.82) is 0 Å². The number of carbonyl (C=O) groups is 5. The van der Waals surface area contributed by atoms with Gasteiger partial charge >= 0.3 is 17.9 Å². The zero-order valence-corrected chi connectivity index (χ0v) is 43.2. The molecule has 14 nitrogen and oxygen atoms in total. The van der Waals surface area contributed by atoms with E-state index in [4.69, 9.17) is 24.0 Å². The summed E-state index contributed by atoms with van der Waals surface area (Å²) in [6.45, 7) is 6.18. The van der Waals surface area contributed by atoms with Crippen LogP contribution in [0.1, 0.15) is 78.3 Å². The zero-order chi connectivity index (χ0) is 51.8. The van der Waals surface area contributed by atoms with E-state index in [1.54, 1.807) is 43.7 Å². The number of anilines is 1. The number of amides is 2. The highest BCUT2D eigenvalue weighted by atomic mass is 32.2. The van der Waals surface area contributed by atoms with Crippen molar-refractivity contribution < 1.29 is 43.0 Å². The highest BCUT2D eigenvalue weighted by Crippen LogP contribution is 2.43. The molecule has 74 heavy (non-hydrogen) atoms. The lowest BCUT2D eigenvalue weighted by atomic mass is 9.77. The summed E-state index contributed by atoms with van der Waals surface area (Å²) in [6, 6.07) is 50.5. The minimum atomic E-state index is -1.37. The average molecular weight is 1050 g/mol. The molecule has 2 amide bonds. The van der Waals surface area contributed by atoms with Crippen LogP contribution in [0.2, 0.25) is 0 Å². The summed E-state index contributed by atoms with van der Waals surface area (Å²) in [5.74, 6) is -3.42. The standard InChI is InChI=1S/C57H51N5O9S3/c1-36(63)68-33-39-34-73-52-46(51(65)62(52)47(39)53(66)69-48(37-21-10-5-11-22-37)38-23-12-6-13-24-38)59-50(64)45(61-71-49(44-31-20-32-72-44)54(67)70-56(2,3)4)43-35-74-55(58-43)60-57(40-25-14-7-15-26-40,41-27-16-8-17-28-41)42-29-18-9-19-30-42/h5-32,35,46,48-49,52H,33-34H2,1-4H3,(H,58,60)(H,59,64)/b61-45-/t46-,49?,52+/m0/s1. The molecule has 17 heteroatoms. The summed E-state index contributed by atoms with van der Waals surface area (Å²) >= 11 is 3.74. The molecule has 2 aliphatic rings. The first-order valence-corrected chi connectivity index (χ1v) is 26.4. The Morgan fingerprint density at radius 3 is 1.82 bits per heavy atom. The fraction of sp³-hybridized carbons (Fsp3) is 0.211. The number of esters is 3. The van der Waals surface area contributed by atoms with Crippen LogP contribution < -0.4 is 10.6 Å². The molecule has 5 aromatic carbocycles. The van der Waals surface area contributed by atoms with Crippen LogP contribution in [0, 0.1) is 0 Å². The van der Waals surface area contributed by atoms with Crippen molar-refractivity contribution in [1.82, 2.24) is 15.2 Å². The molecule has 2 aromatic heterocycles. The van der Waals surface area contributed by atoms with Gasteiger partial charge in [-0.1, -0.05) is 163 Å². The molecule has 1 unspecified atom stereocenters. The van der Waals surface area contributed by atoms with Crippen molar-refractivity contribution in [3.8, 4) is 0 Å². The quantitative estimate of drug-likeness (QED) is 0.0208. The number of aromatic nitrogens is 1. The number of oxime groups is 1. The summed E-state index contributed by atoms with van der Waals surface area (Å²) in [4.78, 5) is 82.5. The monoisotopic (exact) mass is 1050 g/mol. The molecule has 0 aliphatic carbocycles. The summed E-state index contributed by atoms with van der Waals surface area (Å²) < 4.78 is 17.4. The van der Waals surface area contributed by atoms with Crippen LogP contribution in [-0.2, 0) is 48.6 Å². The van der Waals surface area contributed by atoms with Crippen LogP contribution in [-0.4, -0.2) is 74.7 Å². The molecule has 2 N–H and O–H groups in total. The van der Waals surface area contributed by atoms with Gasteiger partial charge in [0.15, 0.2) is 16.9 Å². The molecule has 9 rings (SSSR count). The van der Waals surface area contributed by atoms with Crippen LogP contribution >= 0.6 is 34.4 Å². The minimum absolute atomic E-state index is 0.0767. The third kappa shape index (κ3) is 11.2. The Hall–Kier alpha value is -7.86. The summed E-state index contributed by atoms with van der Waals surface area (Å²) in [6.07, 6.45) is -2.21. The number of hydrogen-bond donors (Lipinski definition) is 2. The molecule has 1 saturated heterocycles. The van der Waals surface area contributed by atoms with Gasteiger partial charge in [0.1, 0.15) is 40.6 Å². The third-order valence-corrected chi connectivity index (χ3v) is 15.0. The molecule has 2 aliphatic heterocycles. The van der Waals surface area contributed by atoms with Gasteiger partial charge in [0, 0.05) is 23.6 Å². The largest absolute Gasteiger partial charge is 0.461 e. The molecular formula is C57H51N5O9S3. The van der Waals surface area contributed by atoms with Crippen molar-refractivity contribution in [3.05, 3.63) is 224 Å². The second-order valence-electron chi connectivity index (χ2n) is 18.2. The second-order valence-corrected chi connectivity index (χ2v) is 21.1. The van der Waals surface area contributed by atoms with E-state index in [0.717, 1.165) is 16.7 Å². The number of nitrogens with zero attached hydrogens (tertiary/aromatic N) is 3. The van der Waals surface area contributed by atoms with E-state index in [1.807, 2.05) is 152 Å². The predicted octanol–water partition coefficient (Wildman–Crippen LogP) is 9.96. The van der Waals surface area contributed by atoms with E-state index in [9.17, 15) is 24.0 Å². The van der Waals surface area contributed by atoms with Crippen molar-refractivity contribution >= 4 is 75.0 Å². The highest BCUT2D eigenvalue weighted by Gasteiger charge is 2.55. The first kappa shape index (κ1) is 51.1. The predicted molar refractivity (Wildman–Crippen MR) is 285 cm³/mol. The maximum absolute atomic E-state index is 14.9. The van der Waals surface area contributed by atoms with Gasteiger partial charge in [0.05, 0.1) is 4.88 Å². The van der Waals surface area contributed by atoms with Crippen molar-refractivity contribution in [2.24, 2.45) is 5.16 Å². The van der Waals surface area contributed by atoms with Crippen LogP contribution in [0.3, 0.4) is 0 Å². The van der Waals surface area contributed by atoms with Crippen molar-refractivity contribution in [3.63, 3.8) is 0 Å². The maximum atomic E-state index is 14.9. The first-order chi connectivity index (χ1) is 35.8. The lowest BCUT2D eigenvalue weighted by molar-refractivity contribution is -0.169. The fourth-order valence-electron chi connectivity index (χ4n) is 8.63. The summed E-state index contributed by atoms with van der Waals surface area (Å²) in [5, 5.41) is 14.0. The molecule has 0 bridgehead atoms. The van der Waals surface area contributed by atoms with Gasteiger partial charge in [-0.3, -0.25) is 19.3 Å². The molecule has 0 radical (unpaired) electrons. The Bertz CT molecular complexity index is 3030. The SMILES string of the molecule is CC(=O)OCC1=C(C(=O)OC(c2ccccc2)c2ccccc2)N2C(=O)[C@H](NC(=O)/C(=N\OC(C(=O)OC(C)(C)C)c3cccs3)c3csc(NC(c4ccccc4)(c4ccccc4)c4ccccc4)n3)[C@H]2SC1. The number of benzene rings is 5. The van der Waals surface area contributed by atoms with Gasteiger partial charge in [-0.15, -0.1) is 34.4 Å². The Morgan fingerprint density at radius 2 is 1.31 bits per heavy atom. The lowest BCUT2D eigenvalue weighted by Crippen LogP contribution is -2.71. The van der Waals surface area contributed by atoms with Crippen LogP contribution in [0.4, 0.5) is 5.13 Å². The van der Waals surface area contributed by atoms with E-state index in [2.05, 4.69) is 15.8 Å². The maximum Gasteiger partial charge on any atom is 0.356 e. The number of β-lactam (4-membered cyclic amide) rings is 1. The molecule has 3 atom stereocenters. The van der Waals surface area contributed by atoms with Crippen molar-refractivity contribution in [2.45, 2.75) is 62.5 Å². The number of fused-ring (bicyclic) bond motifs is 1. The summed E-state index contributed by atoms with van der Waals surface area (Å²) in [7, 11) is 0. The minimum Gasteiger partial charge on any atom is -0.461 e. The molecule has 7 aromatic rings. The lowest BCUT2D eigenvalue weighted by Gasteiger charge is -2.49. The van der Waals surface area contributed by atoms with Gasteiger partial charge in [-0.05, 0) is 60.0 Å². The van der Waals surface area contributed by atoms with Crippen molar-refractivity contribution in [2.75, 3.05) is 17.7 Å². The molecule has 4 heterocycles. The molecule has 1 fully saturated rings. The van der Waals surface area contributed by atoms with E-state index in [1.165, 1.54) is 46.3 Å². The summed E-state index contributed by atoms with van der Waals surface area (Å²) in [5.41, 5.74) is 2.32. The number of thiophene rings is 1. The van der Waals surface area contributed by atoms with Gasteiger partial charge in [-0.25, -0.2) is 14.6 Å². The number of hydrogen-bond acceptors (Lipinski definition) is 15. The number of thiazole rings is 1. The van der Waals surface area contributed by atoms with Crippen LogP contribution in [0.15, 0.2) is 191 Å². The molecule has 376 valence electrons. The van der Waals surface area contributed by atoms with Crippen LogP contribution in [0.5, 0.6) is 0 Å². The van der Waals surface area contributed by atoms with E-state index >= 15 is 0 Å². The first-order valence-electron chi connectivity index (χ1n) is 23.6. The smallest absolute Gasteiger partial charge is 0.356 e. The molecule has 0 saturated carbocycles. The Balaban J connectivity index is 1.06. The van der Waals surface area contributed by atoms with E-state index in [-0.39, 0.29) is 29.5 Å². The van der Waals surface area contributed by atoms with Gasteiger partial charge < -0.3 is 29.7 Å². The number of thioether (sulfide) groups is 1. The number of rotatable bonds is 18. The fourth-order valence-corrected chi connectivity index (χ4v) is 11.4. The van der Waals surface area contributed by atoms with Crippen LogP contribution in [0.25, 0.3) is 0 Å². The number of nitrogens with one attached hydrogen (secondary N) is 2. The Morgan fingerprint density at radius 1 is 0.757 bits per heavy atom. The normalized spacial score (nSPS) is 16.1. The zero-order valence-electron chi connectivity index (χ0n) is 40.7. The Kier molecular flexibility index (Phi) is 15.5. The van der Waals surface area contributed by atoms with Gasteiger partial charge in [-0.2, -0.15) is 0 Å². The van der Waals surface area contributed by atoms with E-state index < -0.39 is 64.5 Å². The van der Waals surface area contributed by atoms with Gasteiger partial charge in [0.2, 0.25) is 0 Å². The molecular weight excluding hydrogens is 995 g/mol. The molecule has 0 spiro atoms. The second kappa shape index (κ2) is 22.5. The average Bonchev–Trinajstić information content (AvgIpc) is 4.13. The number of carbonyl (C=O) groups excluding carboxylic acids is 5. The van der Waals surface area contributed by atoms with Gasteiger partial charge in [0.25, 0.3) is 17.9 Å². The highest BCUT2D eigenvalue weighted by molar-refractivity contribution is 8.00. The third-order valence-electron chi connectivity index (χ3n) is 12.0. The van der Waals surface area contributed by atoms with E-state index in [0.29, 0.717) is 26.7 Å².